The van der Waals surface area contributed by atoms with Crippen molar-refractivity contribution in [2.75, 3.05) is 6.54 Å². The van der Waals surface area contributed by atoms with Crippen molar-refractivity contribution in [1.82, 2.24) is 10.6 Å². The van der Waals surface area contributed by atoms with Crippen LogP contribution in [-0.2, 0) is 6.42 Å². The van der Waals surface area contributed by atoms with Crippen molar-refractivity contribution in [1.29, 1.82) is 0 Å². The number of urea groups is 1. The van der Waals surface area contributed by atoms with Crippen LogP contribution >= 0.6 is 0 Å². The maximum Gasteiger partial charge on any atom is 0.315 e. The van der Waals surface area contributed by atoms with Crippen molar-refractivity contribution in [3.05, 3.63) is 35.6 Å². The van der Waals surface area contributed by atoms with E-state index in [1.807, 2.05) is 19.9 Å². The van der Waals surface area contributed by atoms with E-state index in [2.05, 4.69) is 10.6 Å². The molecular formula is C13H19FN2O. The molecule has 0 bridgehead atoms. The molecule has 0 aromatic heterocycles. The first-order valence-corrected chi connectivity index (χ1v) is 5.90. The maximum atomic E-state index is 12.9. The van der Waals surface area contributed by atoms with Crippen molar-refractivity contribution in [3.63, 3.8) is 0 Å². The molecule has 0 heterocycles. The van der Waals surface area contributed by atoms with E-state index >= 15 is 0 Å². The second-order valence-corrected chi connectivity index (χ2v) is 4.09. The zero-order chi connectivity index (χ0) is 12.7. The standard InChI is InChI=1S/C13H19FN2O/c1-3-10(2)16-13(17)15-8-7-11-5-4-6-12(14)9-11/h4-6,9-10H,3,7-8H2,1-2H3,(H2,15,16,17). The average Bonchev–Trinajstić information content (AvgIpc) is 2.29. The van der Waals surface area contributed by atoms with Gasteiger partial charge in [-0.15, -0.1) is 0 Å². The van der Waals surface area contributed by atoms with E-state index in [0.29, 0.717) is 13.0 Å². The minimum absolute atomic E-state index is 0.171. The van der Waals surface area contributed by atoms with Gasteiger partial charge in [-0.25, -0.2) is 9.18 Å². The Morgan fingerprint density at radius 2 is 2.24 bits per heavy atom. The minimum Gasteiger partial charge on any atom is -0.338 e. The van der Waals surface area contributed by atoms with Crippen molar-refractivity contribution in [2.45, 2.75) is 32.7 Å². The lowest BCUT2D eigenvalue weighted by molar-refractivity contribution is 0.237. The van der Waals surface area contributed by atoms with Crippen LogP contribution in [-0.4, -0.2) is 18.6 Å². The molecule has 3 nitrogen and oxygen atoms in total. The Morgan fingerprint density at radius 1 is 1.47 bits per heavy atom. The highest BCUT2D eigenvalue weighted by Gasteiger charge is 2.03. The summed E-state index contributed by atoms with van der Waals surface area (Å²) in [4.78, 5) is 11.4. The van der Waals surface area contributed by atoms with Gasteiger partial charge in [-0.2, -0.15) is 0 Å². The summed E-state index contributed by atoms with van der Waals surface area (Å²) in [6, 6.07) is 6.40. The molecule has 1 rings (SSSR count). The maximum absolute atomic E-state index is 12.9. The molecule has 0 fully saturated rings. The van der Waals surface area contributed by atoms with Crippen LogP contribution in [0, 0.1) is 5.82 Å². The molecular weight excluding hydrogens is 219 g/mol. The van der Waals surface area contributed by atoms with Crippen molar-refractivity contribution in [3.8, 4) is 0 Å². The van der Waals surface area contributed by atoms with Gasteiger partial charge in [-0.1, -0.05) is 19.1 Å². The Balaban J connectivity index is 2.26. The van der Waals surface area contributed by atoms with E-state index < -0.39 is 0 Å². The number of carbonyl (C=O) groups excluding carboxylic acids is 1. The molecule has 1 unspecified atom stereocenters. The van der Waals surface area contributed by atoms with Gasteiger partial charge in [0.2, 0.25) is 0 Å². The van der Waals surface area contributed by atoms with E-state index in [1.54, 1.807) is 6.07 Å². The zero-order valence-corrected chi connectivity index (χ0v) is 10.3. The van der Waals surface area contributed by atoms with Crippen LogP contribution in [0.3, 0.4) is 0 Å². The monoisotopic (exact) mass is 238 g/mol. The predicted octanol–water partition coefficient (Wildman–Crippen LogP) is 2.47. The van der Waals surface area contributed by atoms with E-state index in [4.69, 9.17) is 0 Å². The van der Waals surface area contributed by atoms with Crippen LogP contribution in [0.4, 0.5) is 9.18 Å². The Hall–Kier alpha value is -1.58. The lowest BCUT2D eigenvalue weighted by atomic mass is 10.1. The first-order chi connectivity index (χ1) is 8.11. The van der Waals surface area contributed by atoms with Crippen LogP contribution in [0.15, 0.2) is 24.3 Å². The molecule has 1 aromatic rings. The normalized spacial score (nSPS) is 11.9. The van der Waals surface area contributed by atoms with Gasteiger partial charge in [0.1, 0.15) is 5.82 Å². The number of hydrogen-bond acceptors (Lipinski definition) is 1. The second-order valence-electron chi connectivity index (χ2n) is 4.09. The van der Waals surface area contributed by atoms with Gasteiger partial charge in [-0.3, -0.25) is 0 Å². The highest BCUT2D eigenvalue weighted by Crippen LogP contribution is 2.03. The number of carbonyl (C=O) groups is 1. The highest BCUT2D eigenvalue weighted by atomic mass is 19.1. The lowest BCUT2D eigenvalue weighted by Crippen LogP contribution is -2.41. The summed E-state index contributed by atoms with van der Waals surface area (Å²) < 4.78 is 12.9. The lowest BCUT2D eigenvalue weighted by Gasteiger charge is -2.12. The third kappa shape index (κ3) is 5.33. The Bertz CT molecular complexity index is 368. The van der Waals surface area contributed by atoms with Crippen molar-refractivity contribution < 1.29 is 9.18 Å². The average molecular weight is 238 g/mol. The van der Waals surface area contributed by atoms with Crippen molar-refractivity contribution in [2.24, 2.45) is 0 Å². The largest absolute Gasteiger partial charge is 0.338 e. The fourth-order valence-corrected chi connectivity index (χ4v) is 1.39. The smallest absolute Gasteiger partial charge is 0.315 e. The van der Waals surface area contributed by atoms with E-state index in [9.17, 15) is 9.18 Å². The van der Waals surface area contributed by atoms with Crippen LogP contribution in [0.1, 0.15) is 25.8 Å². The Kier molecular flexibility index (Phi) is 5.46. The fourth-order valence-electron chi connectivity index (χ4n) is 1.39. The molecule has 1 atom stereocenters. The van der Waals surface area contributed by atoms with Gasteiger partial charge in [0.25, 0.3) is 0 Å². The summed E-state index contributed by atoms with van der Waals surface area (Å²) in [7, 11) is 0. The van der Waals surface area contributed by atoms with Crippen LogP contribution in [0.2, 0.25) is 0 Å². The number of rotatable bonds is 5. The summed E-state index contributed by atoms with van der Waals surface area (Å²) >= 11 is 0. The Labute approximate surface area is 101 Å². The van der Waals surface area contributed by atoms with E-state index in [-0.39, 0.29) is 17.9 Å². The van der Waals surface area contributed by atoms with Gasteiger partial charge in [0.05, 0.1) is 0 Å². The molecule has 17 heavy (non-hydrogen) atoms. The third-order valence-corrected chi connectivity index (χ3v) is 2.58. The van der Waals surface area contributed by atoms with Crippen LogP contribution in [0.25, 0.3) is 0 Å². The van der Waals surface area contributed by atoms with Gasteiger partial charge in [0.15, 0.2) is 0 Å². The number of amides is 2. The van der Waals surface area contributed by atoms with Crippen LogP contribution < -0.4 is 10.6 Å². The fraction of sp³-hybridized carbons (Fsp3) is 0.462. The number of benzene rings is 1. The van der Waals surface area contributed by atoms with Gasteiger partial charge < -0.3 is 10.6 Å². The van der Waals surface area contributed by atoms with Gasteiger partial charge >= 0.3 is 6.03 Å². The molecule has 0 saturated heterocycles. The molecule has 94 valence electrons. The minimum atomic E-state index is -0.244. The van der Waals surface area contributed by atoms with Crippen LogP contribution in [0.5, 0.6) is 0 Å². The molecule has 0 aliphatic rings. The van der Waals surface area contributed by atoms with E-state index in [0.717, 1.165) is 12.0 Å². The SMILES string of the molecule is CCC(C)NC(=O)NCCc1cccc(F)c1. The molecule has 0 spiro atoms. The number of halogens is 1. The summed E-state index contributed by atoms with van der Waals surface area (Å²) in [5, 5.41) is 5.55. The molecule has 1 aromatic carbocycles. The highest BCUT2D eigenvalue weighted by molar-refractivity contribution is 5.74. The molecule has 0 aliphatic heterocycles. The summed E-state index contributed by atoms with van der Waals surface area (Å²) in [6.45, 7) is 4.47. The first-order valence-electron chi connectivity index (χ1n) is 5.90. The molecule has 2 amide bonds. The summed E-state index contributed by atoms with van der Waals surface area (Å²) in [6.07, 6.45) is 1.53. The third-order valence-electron chi connectivity index (χ3n) is 2.58. The quantitative estimate of drug-likeness (QED) is 0.813. The number of nitrogens with one attached hydrogen (secondary N) is 2. The van der Waals surface area contributed by atoms with E-state index in [1.165, 1.54) is 12.1 Å². The Morgan fingerprint density at radius 3 is 2.88 bits per heavy atom. The molecule has 0 radical (unpaired) electrons. The molecule has 4 heteroatoms. The van der Waals surface area contributed by atoms with Crippen molar-refractivity contribution >= 4 is 6.03 Å². The summed E-state index contributed by atoms with van der Waals surface area (Å²) in [5.41, 5.74) is 0.883. The first kappa shape index (κ1) is 13.5. The van der Waals surface area contributed by atoms with Gasteiger partial charge in [-0.05, 0) is 37.5 Å². The summed E-state index contributed by atoms with van der Waals surface area (Å²) in [5.74, 6) is -0.244. The van der Waals surface area contributed by atoms with Gasteiger partial charge in [0, 0.05) is 12.6 Å². The number of hydrogen-bond donors (Lipinski definition) is 2. The topological polar surface area (TPSA) is 41.1 Å². The molecule has 0 aliphatic carbocycles. The molecule has 0 saturated carbocycles. The predicted molar refractivity (Wildman–Crippen MR) is 66.4 cm³/mol. The second kappa shape index (κ2) is 6.89. The molecule has 2 N–H and O–H groups in total. The zero-order valence-electron chi connectivity index (χ0n) is 10.3.